The lowest BCUT2D eigenvalue weighted by Gasteiger charge is -2.13. The largest absolute Gasteiger partial charge is 0.495 e. The number of sulfonamides is 1. The number of amides is 1. The lowest BCUT2D eigenvalue weighted by Crippen LogP contribution is -2.15. The van der Waals surface area contributed by atoms with E-state index in [0.29, 0.717) is 28.3 Å². The zero-order valence-corrected chi connectivity index (χ0v) is 16.3. The minimum absolute atomic E-state index is 0.174. The van der Waals surface area contributed by atoms with E-state index in [0.717, 1.165) is 0 Å². The van der Waals surface area contributed by atoms with Gasteiger partial charge in [0.05, 0.1) is 23.4 Å². The van der Waals surface area contributed by atoms with Gasteiger partial charge in [0.2, 0.25) is 0 Å². The standard InChI is InChI=1S/C21H20N2O4S/c1-15-14-16(21(24)22-19-10-6-7-11-20(19)27-2)12-13-18(15)23-28(25,26)17-8-4-3-5-9-17/h3-14,23H,1-2H3,(H,22,24). The number of carbonyl (C=O) groups is 1. The first-order chi connectivity index (χ1) is 13.4. The molecule has 0 aliphatic carbocycles. The number of carbonyl (C=O) groups excluding carboxylic acids is 1. The summed E-state index contributed by atoms with van der Waals surface area (Å²) in [6.45, 7) is 1.74. The maximum absolute atomic E-state index is 12.5. The fourth-order valence-corrected chi connectivity index (χ4v) is 3.82. The number of hydrogen-bond donors (Lipinski definition) is 2. The molecular weight excluding hydrogens is 376 g/mol. The fraction of sp³-hybridized carbons (Fsp3) is 0.0952. The summed E-state index contributed by atoms with van der Waals surface area (Å²) >= 11 is 0. The van der Waals surface area contributed by atoms with Gasteiger partial charge in [-0.25, -0.2) is 8.42 Å². The molecule has 0 saturated carbocycles. The van der Waals surface area contributed by atoms with Crippen molar-refractivity contribution in [3.05, 3.63) is 83.9 Å². The van der Waals surface area contributed by atoms with Gasteiger partial charge in [-0.15, -0.1) is 0 Å². The van der Waals surface area contributed by atoms with Crippen molar-refractivity contribution >= 4 is 27.3 Å². The Morgan fingerprint density at radius 2 is 1.57 bits per heavy atom. The molecule has 0 unspecified atom stereocenters. The van der Waals surface area contributed by atoms with Gasteiger partial charge in [0, 0.05) is 5.56 Å². The third-order valence-corrected chi connectivity index (χ3v) is 5.52. The predicted octanol–water partition coefficient (Wildman–Crippen LogP) is 4.06. The molecule has 0 aromatic heterocycles. The first kappa shape index (κ1) is 19.4. The molecule has 7 heteroatoms. The molecule has 3 aromatic rings. The quantitative estimate of drug-likeness (QED) is 0.658. The van der Waals surface area contributed by atoms with Crippen LogP contribution in [0.25, 0.3) is 0 Å². The van der Waals surface area contributed by atoms with Crippen LogP contribution in [0, 0.1) is 6.92 Å². The van der Waals surface area contributed by atoms with E-state index < -0.39 is 10.0 Å². The zero-order chi connectivity index (χ0) is 20.1. The van der Waals surface area contributed by atoms with Crippen molar-refractivity contribution in [1.82, 2.24) is 0 Å². The van der Waals surface area contributed by atoms with E-state index in [-0.39, 0.29) is 10.8 Å². The molecule has 0 bridgehead atoms. The van der Waals surface area contributed by atoms with E-state index in [1.807, 2.05) is 6.07 Å². The fourth-order valence-electron chi connectivity index (χ4n) is 2.67. The van der Waals surface area contributed by atoms with E-state index in [2.05, 4.69) is 10.0 Å². The van der Waals surface area contributed by atoms with Crippen LogP contribution in [0.1, 0.15) is 15.9 Å². The number of benzene rings is 3. The number of ether oxygens (including phenoxy) is 1. The molecule has 144 valence electrons. The Hall–Kier alpha value is -3.32. The molecule has 0 aliphatic heterocycles. The SMILES string of the molecule is COc1ccccc1NC(=O)c1ccc(NS(=O)(=O)c2ccccc2)c(C)c1. The summed E-state index contributed by atoms with van der Waals surface area (Å²) in [5, 5.41) is 2.80. The van der Waals surface area contributed by atoms with Gasteiger partial charge in [0.15, 0.2) is 0 Å². The summed E-state index contributed by atoms with van der Waals surface area (Å²) in [7, 11) is -2.16. The van der Waals surface area contributed by atoms with Crippen molar-refractivity contribution in [3.63, 3.8) is 0 Å². The average Bonchev–Trinajstić information content (AvgIpc) is 2.70. The highest BCUT2D eigenvalue weighted by Gasteiger charge is 2.16. The highest BCUT2D eigenvalue weighted by molar-refractivity contribution is 7.92. The smallest absolute Gasteiger partial charge is 0.261 e. The Bertz CT molecular complexity index is 1100. The molecule has 3 rings (SSSR count). The Morgan fingerprint density at radius 3 is 2.25 bits per heavy atom. The number of anilines is 2. The zero-order valence-electron chi connectivity index (χ0n) is 15.5. The normalized spacial score (nSPS) is 10.9. The van der Waals surface area contributed by atoms with Crippen LogP contribution in [0.4, 0.5) is 11.4 Å². The van der Waals surface area contributed by atoms with Gasteiger partial charge in [-0.1, -0.05) is 30.3 Å². The summed E-state index contributed by atoms with van der Waals surface area (Å²) in [6.07, 6.45) is 0. The van der Waals surface area contributed by atoms with Crippen LogP contribution in [0.15, 0.2) is 77.7 Å². The van der Waals surface area contributed by atoms with Gasteiger partial charge in [-0.05, 0) is 55.0 Å². The van der Waals surface area contributed by atoms with Crippen LogP contribution in [-0.2, 0) is 10.0 Å². The monoisotopic (exact) mass is 396 g/mol. The summed E-state index contributed by atoms with van der Waals surface area (Å²) in [5.74, 6) is 0.241. The molecule has 0 heterocycles. The number of aryl methyl sites for hydroxylation is 1. The number of methoxy groups -OCH3 is 1. The summed E-state index contributed by atoms with van der Waals surface area (Å²) < 4.78 is 32.7. The van der Waals surface area contributed by atoms with Crippen molar-refractivity contribution in [2.75, 3.05) is 17.1 Å². The predicted molar refractivity (Wildman–Crippen MR) is 109 cm³/mol. The minimum Gasteiger partial charge on any atom is -0.495 e. The lowest BCUT2D eigenvalue weighted by molar-refractivity contribution is 0.102. The van der Waals surface area contributed by atoms with Crippen LogP contribution in [0.2, 0.25) is 0 Å². The average molecular weight is 396 g/mol. The number of hydrogen-bond acceptors (Lipinski definition) is 4. The van der Waals surface area contributed by atoms with Gasteiger partial charge in [0.25, 0.3) is 15.9 Å². The van der Waals surface area contributed by atoms with E-state index in [9.17, 15) is 13.2 Å². The Morgan fingerprint density at radius 1 is 0.893 bits per heavy atom. The van der Waals surface area contributed by atoms with Crippen LogP contribution in [-0.4, -0.2) is 21.4 Å². The second-order valence-electron chi connectivity index (χ2n) is 6.10. The molecule has 2 N–H and O–H groups in total. The van der Waals surface area contributed by atoms with Crippen molar-refractivity contribution in [2.45, 2.75) is 11.8 Å². The second-order valence-corrected chi connectivity index (χ2v) is 7.79. The van der Waals surface area contributed by atoms with Gasteiger partial charge < -0.3 is 10.1 Å². The Labute approximate surface area is 164 Å². The van der Waals surface area contributed by atoms with Gasteiger partial charge >= 0.3 is 0 Å². The number of rotatable bonds is 6. The minimum atomic E-state index is -3.69. The van der Waals surface area contributed by atoms with E-state index >= 15 is 0 Å². The van der Waals surface area contributed by atoms with Crippen molar-refractivity contribution < 1.29 is 17.9 Å². The highest BCUT2D eigenvalue weighted by Crippen LogP contribution is 2.25. The molecule has 0 fully saturated rings. The molecule has 1 amide bonds. The van der Waals surface area contributed by atoms with E-state index in [1.165, 1.54) is 19.2 Å². The van der Waals surface area contributed by atoms with Crippen molar-refractivity contribution in [3.8, 4) is 5.75 Å². The topological polar surface area (TPSA) is 84.5 Å². The van der Waals surface area contributed by atoms with Crippen LogP contribution < -0.4 is 14.8 Å². The molecule has 0 atom stereocenters. The van der Waals surface area contributed by atoms with E-state index in [1.54, 1.807) is 61.5 Å². The van der Waals surface area contributed by atoms with E-state index in [4.69, 9.17) is 4.74 Å². The lowest BCUT2D eigenvalue weighted by atomic mass is 10.1. The summed E-state index contributed by atoms with van der Waals surface area (Å²) in [5.41, 5.74) is 2.01. The van der Waals surface area contributed by atoms with Crippen LogP contribution >= 0.6 is 0 Å². The second kappa shape index (κ2) is 8.14. The Balaban J connectivity index is 1.80. The maximum Gasteiger partial charge on any atom is 0.261 e. The Kier molecular flexibility index (Phi) is 5.65. The molecule has 3 aromatic carbocycles. The molecule has 6 nitrogen and oxygen atoms in total. The summed E-state index contributed by atoms with van der Waals surface area (Å²) in [4.78, 5) is 12.7. The number of para-hydroxylation sites is 2. The van der Waals surface area contributed by atoms with Crippen LogP contribution in [0.3, 0.4) is 0 Å². The maximum atomic E-state index is 12.5. The van der Waals surface area contributed by atoms with Gasteiger partial charge in [0.1, 0.15) is 5.75 Å². The molecule has 0 spiro atoms. The first-order valence-electron chi connectivity index (χ1n) is 8.53. The molecule has 0 aliphatic rings. The first-order valence-corrected chi connectivity index (χ1v) is 10.0. The van der Waals surface area contributed by atoms with Gasteiger partial charge in [-0.2, -0.15) is 0 Å². The van der Waals surface area contributed by atoms with Crippen LogP contribution in [0.5, 0.6) is 5.75 Å². The van der Waals surface area contributed by atoms with Gasteiger partial charge in [-0.3, -0.25) is 9.52 Å². The number of nitrogens with one attached hydrogen (secondary N) is 2. The molecular formula is C21H20N2O4S. The van der Waals surface area contributed by atoms with Crippen molar-refractivity contribution in [1.29, 1.82) is 0 Å². The van der Waals surface area contributed by atoms with Crippen molar-refractivity contribution in [2.24, 2.45) is 0 Å². The highest BCUT2D eigenvalue weighted by atomic mass is 32.2. The molecule has 28 heavy (non-hydrogen) atoms. The summed E-state index contributed by atoms with van der Waals surface area (Å²) in [6, 6.07) is 20.0. The third-order valence-electron chi connectivity index (χ3n) is 4.14. The third kappa shape index (κ3) is 4.32. The molecule has 0 saturated heterocycles. The molecule has 0 radical (unpaired) electrons.